The molecule has 0 aromatic carbocycles. The Kier molecular flexibility index (Phi) is 2.54. The lowest BCUT2D eigenvalue weighted by Gasteiger charge is -2.29. The Morgan fingerprint density at radius 1 is 1.15 bits per heavy atom. The second-order valence-electron chi connectivity index (χ2n) is 4.28. The van der Waals surface area contributed by atoms with E-state index in [-0.39, 0.29) is 12.0 Å². The first-order chi connectivity index (χ1) is 6.25. The van der Waals surface area contributed by atoms with Crippen LogP contribution in [0.25, 0.3) is 0 Å². The van der Waals surface area contributed by atoms with Gasteiger partial charge in [-0.25, -0.2) is 0 Å². The molecule has 3 nitrogen and oxygen atoms in total. The monoisotopic (exact) mass is 183 g/mol. The summed E-state index contributed by atoms with van der Waals surface area (Å²) in [5.74, 6) is 0.825. The van der Waals surface area contributed by atoms with Crippen molar-refractivity contribution in [3.63, 3.8) is 0 Å². The van der Waals surface area contributed by atoms with Gasteiger partial charge in [0.2, 0.25) is 5.91 Å². The van der Waals surface area contributed by atoms with Crippen LogP contribution in [-0.4, -0.2) is 23.2 Å². The summed E-state index contributed by atoms with van der Waals surface area (Å²) in [4.78, 5) is 11.0. The Morgan fingerprint density at radius 3 is 2.38 bits per heavy atom. The van der Waals surface area contributed by atoms with Crippen LogP contribution in [0.5, 0.6) is 0 Å². The molecule has 1 aliphatic carbocycles. The van der Waals surface area contributed by atoms with Gasteiger partial charge in [0, 0.05) is 12.5 Å². The van der Waals surface area contributed by atoms with Crippen molar-refractivity contribution in [2.24, 2.45) is 5.92 Å². The standard InChI is InChI=1S/C10H17NO2/c12-8-3-1-7(2-4-8)9-5-6-10(13)11-9/h7-9,12H,1-6H2,(H,11,13). The summed E-state index contributed by atoms with van der Waals surface area (Å²) in [6, 6.07) is 0.403. The molecule has 1 saturated carbocycles. The summed E-state index contributed by atoms with van der Waals surface area (Å²) in [5.41, 5.74) is 0. The van der Waals surface area contributed by atoms with Crippen molar-refractivity contribution in [1.82, 2.24) is 5.32 Å². The molecule has 0 aromatic rings. The van der Waals surface area contributed by atoms with Crippen LogP contribution < -0.4 is 5.32 Å². The quantitative estimate of drug-likeness (QED) is 0.632. The smallest absolute Gasteiger partial charge is 0.220 e. The number of rotatable bonds is 1. The molecular weight excluding hydrogens is 166 g/mol. The Morgan fingerprint density at radius 2 is 1.85 bits per heavy atom. The Balaban J connectivity index is 1.84. The van der Waals surface area contributed by atoms with E-state index in [9.17, 15) is 9.90 Å². The van der Waals surface area contributed by atoms with E-state index in [1.165, 1.54) is 0 Å². The van der Waals surface area contributed by atoms with Crippen molar-refractivity contribution in [3.8, 4) is 0 Å². The number of aliphatic hydroxyl groups excluding tert-OH is 1. The van der Waals surface area contributed by atoms with Gasteiger partial charge in [-0.1, -0.05) is 0 Å². The lowest BCUT2D eigenvalue weighted by atomic mass is 9.82. The van der Waals surface area contributed by atoms with Crippen LogP contribution >= 0.6 is 0 Å². The van der Waals surface area contributed by atoms with Crippen LogP contribution in [0, 0.1) is 5.92 Å². The van der Waals surface area contributed by atoms with Gasteiger partial charge in [0.05, 0.1) is 6.10 Å². The topological polar surface area (TPSA) is 49.3 Å². The molecule has 2 fully saturated rings. The fourth-order valence-corrected chi connectivity index (χ4v) is 2.50. The average Bonchev–Trinajstić information content (AvgIpc) is 2.53. The molecule has 2 N–H and O–H groups in total. The van der Waals surface area contributed by atoms with Gasteiger partial charge in [-0.2, -0.15) is 0 Å². The van der Waals surface area contributed by atoms with Crippen molar-refractivity contribution < 1.29 is 9.90 Å². The fourth-order valence-electron chi connectivity index (χ4n) is 2.50. The Hall–Kier alpha value is -0.570. The van der Waals surface area contributed by atoms with Crippen LogP contribution in [0.3, 0.4) is 0 Å². The highest BCUT2D eigenvalue weighted by molar-refractivity contribution is 5.78. The Labute approximate surface area is 78.5 Å². The van der Waals surface area contributed by atoms with E-state index in [0.29, 0.717) is 18.4 Å². The molecule has 1 heterocycles. The van der Waals surface area contributed by atoms with E-state index < -0.39 is 0 Å². The third kappa shape index (κ3) is 2.02. The number of amides is 1. The average molecular weight is 183 g/mol. The molecule has 1 unspecified atom stereocenters. The van der Waals surface area contributed by atoms with Gasteiger partial charge in [-0.15, -0.1) is 0 Å². The second kappa shape index (κ2) is 3.66. The molecule has 2 rings (SSSR count). The number of hydrogen-bond donors (Lipinski definition) is 2. The van der Waals surface area contributed by atoms with Gasteiger partial charge >= 0.3 is 0 Å². The first-order valence-electron chi connectivity index (χ1n) is 5.23. The molecule has 1 saturated heterocycles. The van der Waals surface area contributed by atoms with Gasteiger partial charge in [0.25, 0.3) is 0 Å². The van der Waals surface area contributed by atoms with Crippen LogP contribution in [0.1, 0.15) is 38.5 Å². The molecular formula is C10H17NO2. The number of nitrogens with one attached hydrogen (secondary N) is 1. The first-order valence-corrected chi connectivity index (χ1v) is 5.23. The normalized spacial score (nSPS) is 40.4. The van der Waals surface area contributed by atoms with E-state index in [0.717, 1.165) is 32.1 Å². The van der Waals surface area contributed by atoms with E-state index in [1.807, 2.05) is 0 Å². The molecule has 1 atom stereocenters. The zero-order valence-corrected chi connectivity index (χ0v) is 7.83. The Bertz CT molecular complexity index is 197. The maximum absolute atomic E-state index is 11.0. The molecule has 0 spiro atoms. The highest BCUT2D eigenvalue weighted by atomic mass is 16.3. The van der Waals surface area contributed by atoms with Crippen molar-refractivity contribution in [2.45, 2.75) is 50.7 Å². The van der Waals surface area contributed by atoms with Gasteiger partial charge in [0.15, 0.2) is 0 Å². The van der Waals surface area contributed by atoms with E-state index in [1.54, 1.807) is 0 Å². The largest absolute Gasteiger partial charge is 0.393 e. The molecule has 0 radical (unpaired) electrons. The van der Waals surface area contributed by atoms with Crippen LogP contribution in [0.15, 0.2) is 0 Å². The van der Waals surface area contributed by atoms with Crippen molar-refractivity contribution in [1.29, 1.82) is 0 Å². The molecule has 0 bridgehead atoms. The highest BCUT2D eigenvalue weighted by Crippen LogP contribution is 2.30. The fraction of sp³-hybridized carbons (Fsp3) is 0.900. The first kappa shape index (κ1) is 9.00. The molecule has 1 amide bonds. The van der Waals surface area contributed by atoms with Crippen molar-refractivity contribution in [3.05, 3.63) is 0 Å². The van der Waals surface area contributed by atoms with Crippen LogP contribution in [-0.2, 0) is 4.79 Å². The summed E-state index contributed by atoms with van der Waals surface area (Å²) in [6.45, 7) is 0. The summed E-state index contributed by atoms with van der Waals surface area (Å²) < 4.78 is 0. The molecule has 3 heteroatoms. The van der Waals surface area contributed by atoms with Gasteiger partial charge in [-0.05, 0) is 38.0 Å². The highest BCUT2D eigenvalue weighted by Gasteiger charge is 2.31. The van der Waals surface area contributed by atoms with Crippen molar-refractivity contribution >= 4 is 5.91 Å². The lowest BCUT2D eigenvalue weighted by Crippen LogP contribution is -2.35. The molecule has 1 aliphatic heterocycles. The molecule has 0 aromatic heterocycles. The van der Waals surface area contributed by atoms with Gasteiger partial charge in [0.1, 0.15) is 0 Å². The zero-order chi connectivity index (χ0) is 9.26. The minimum absolute atomic E-state index is 0.0895. The zero-order valence-electron chi connectivity index (χ0n) is 7.83. The predicted molar refractivity (Wildman–Crippen MR) is 49.1 cm³/mol. The second-order valence-corrected chi connectivity index (χ2v) is 4.28. The third-order valence-electron chi connectivity index (χ3n) is 3.34. The summed E-state index contributed by atoms with van der Waals surface area (Å²) in [5, 5.41) is 12.4. The van der Waals surface area contributed by atoms with E-state index in [4.69, 9.17) is 0 Å². The van der Waals surface area contributed by atoms with Crippen molar-refractivity contribution in [2.75, 3.05) is 0 Å². The number of carbonyl (C=O) groups excluding carboxylic acids is 1. The van der Waals surface area contributed by atoms with E-state index >= 15 is 0 Å². The SMILES string of the molecule is O=C1CCC(C2CCC(O)CC2)N1. The van der Waals surface area contributed by atoms with Crippen LogP contribution in [0.2, 0.25) is 0 Å². The summed E-state index contributed by atoms with van der Waals surface area (Å²) in [7, 11) is 0. The maximum Gasteiger partial charge on any atom is 0.220 e. The third-order valence-corrected chi connectivity index (χ3v) is 3.34. The summed E-state index contributed by atoms with van der Waals surface area (Å²) >= 11 is 0. The van der Waals surface area contributed by atoms with Gasteiger partial charge < -0.3 is 10.4 Å². The van der Waals surface area contributed by atoms with E-state index in [2.05, 4.69) is 5.32 Å². The minimum atomic E-state index is -0.0895. The lowest BCUT2D eigenvalue weighted by molar-refractivity contribution is -0.119. The predicted octanol–water partition coefficient (Wildman–Crippen LogP) is 0.816. The number of hydrogen-bond acceptors (Lipinski definition) is 2. The number of carbonyl (C=O) groups is 1. The number of aliphatic hydroxyl groups is 1. The van der Waals surface area contributed by atoms with Crippen LogP contribution in [0.4, 0.5) is 0 Å². The maximum atomic E-state index is 11.0. The van der Waals surface area contributed by atoms with Gasteiger partial charge in [-0.3, -0.25) is 4.79 Å². The minimum Gasteiger partial charge on any atom is -0.393 e. The molecule has 2 aliphatic rings. The molecule has 74 valence electrons. The summed E-state index contributed by atoms with van der Waals surface area (Å²) in [6.07, 6.45) is 5.59. The molecule has 13 heavy (non-hydrogen) atoms.